The lowest BCUT2D eigenvalue weighted by molar-refractivity contribution is -0.332. The van der Waals surface area contributed by atoms with E-state index in [1.807, 2.05) is 0 Å². The Balaban J connectivity index is 1.72. The third-order valence-corrected chi connectivity index (χ3v) is 6.48. The third kappa shape index (κ3) is 5.32. The first-order valence-electron chi connectivity index (χ1n) is 10.8. The molecule has 15 N–H and O–H groups in total. The van der Waals surface area contributed by atoms with E-state index in [1.165, 1.54) is 0 Å². The maximum atomic E-state index is 10.9. The van der Waals surface area contributed by atoms with E-state index >= 15 is 0 Å². The smallest absolute Gasteiger partial charge is 0.187 e. The molecule has 33 heavy (non-hydrogen) atoms. The first kappa shape index (κ1) is 27.0. The summed E-state index contributed by atoms with van der Waals surface area (Å²) in [6.07, 6.45) is -16.5. The lowest BCUT2D eigenvalue weighted by atomic mass is 9.84. The molecule has 0 spiro atoms. The predicted molar refractivity (Wildman–Crippen MR) is 108 cm³/mol. The maximum absolute atomic E-state index is 10.9. The molecule has 3 aliphatic rings. The first-order valence-corrected chi connectivity index (χ1v) is 10.8. The zero-order valence-corrected chi connectivity index (χ0v) is 17.9. The van der Waals surface area contributed by atoms with Crippen LogP contribution in [-0.2, 0) is 18.9 Å². The summed E-state index contributed by atoms with van der Waals surface area (Å²) >= 11 is 0. The summed E-state index contributed by atoms with van der Waals surface area (Å²) in [7, 11) is 0. The van der Waals surface area contributed by atoms with Crippen LogP contribution in [0.15, 0.2) is 0 Å². The van der Waals surface area contributed by atoms with Crippen LogP contribution in [0.4, 0.5) is 0 Å². The summed E-state index contributed by atoms with van der Waals surface area (Å²) < 4.78 is 22.2. The van der Waals surface area contributed by atoms with Crippen molar-refractivity contribution in [2.45, 2.75) is 98.2 Å². The van der Waals surface area contributed by atoms with E-state index < -0.39 is 98.4 Å². The van der Waals surface area contributed by atoms with E-state index in [0.29, 0.717) is 0 Å². The minimum atomic E-state index is -1.66. The number of hydrogen-bond acceptors (Lipinski definition) is 15. The van der Waals surface area contributed by atoms with Crippen LogP contribution in [0.2, 0.25) is 0 Å². The van der Waals surface area contributed by atoms with Gasteiger partial charge >= 0.3 is 0 Å². The Morgan fingerprint density at radius 3 is 1.70 bits per heavy atom. The van der Waals surface area contributed by atoms with Crippen LogP contribution in [-0.4, -0.2) is 141 Å². The molecule has 2 aliphatic heterocycles. The van der Waals surface area contributed by atoms with Crippen LogP contribution < -0.4 is 22.9 Å². The van der Waals surface area contributed by atoms with Gasteiger partial charge in [-0.2, -0.15) is 0 Å². The molecule has 15 nitrogen and oxygen atoms in total. The van der Waals surface area contributed by atoms with Gasteiger partial charge in [-0.15, -0.1) is 0 Å². The molecule has 2 saturated heterocycles. The molecule has 1 saturated carbocycles. The highest BCUT2D eigenvalue weighted by atomic mass is 16.7. The lowest BCUT2D eigenvalue weighted by Crippen LogP contribution is -2.68. The molecule has 194 valence electrons. The number of hydrogen-bond donors (Lipinski definition) is 11. The summed E-state index contributed by atoms with van der Waals surface area (Å²) in [5.41, 5.74) is 23.5. The second kappa shape index (κ2) is 11.0. The fraction of sp³-hybridized carbons (Fsp3) is 1.00. The summed E-state index contributed by atoms with van der Waals surface area (Å²) in [4.78, 5) is 0. The molecule has 3 fully saturated rings. The molecule has 0 bridgehead atoms. The summed E-state index contributed by atoms with van der Waals surface area (Å²) in [5, 5.41) is 70.9. The van der Waals surface area contributed by atoms with Crippen molar-refractivity contribution in [2.24, 2.45) is 22.9 Å². The normalized spacial score (nSPS) is 53.7. The molecule has 0 aromatic rings. The molecule has 15 atom stereocenters. The van der Waals surface area contributed by atoms with E-state index in [0.717, 1.165) is 0 Å². The quantitative estimate of drug-likeness (QED) is 0.167. The van der Waals surface area contributed by atoms with Gasteiger partial charge in [0.25, 0.3) is 0 Å². The average molecular weight is 485 g/mol. The molecule has 0 radical (unpaired) electrons. The Kier molecular flexibility index (Phi) is 8.99. The van der Waals surface area contributed by atoms with Gasteiger partial charge in [0, 0.05) is 18.6 Å². The van der Waals surface area contributed by atoms with Crippen molar-refractivity contribution >= 4 is 0 Å². The minimum absolute atomic E-state index is 0.0849. The van der Waals surface area contributed by atoms with Crippen molar-refractivity contribution in [1.82, 2.24) is 0 Å². The Morgan fingerprint density at radius 2 is 1.18 bits per heavy atom. The van der Waals surface area contributed by atoms with Gasteiger partial charge in [-0.1, -0.05) is 0 Å². The van der Waals surface area contributed by atoms with Gasteiger partial charge in [0.1, 0.15) is 61.0 Å². The lowest BCUT2D eigenvalue weighted by Gasteiger charge is -2.48. The van der Waals surface area contributed by atoms with Crippen LogP contribution in [0, 0.1) is 0 Å². The van der Waals surface area contributed by atoms with Crippen LogP contribution in [0.5, 0.6) is 0 Å². The molecule has 0 aromatic carbocycles. The molecule has 2 heterocycles. The van der Waals surface area contributed by atoms with Crippen LogP contribution in [0.25, 0.3) is 0 Å². The Bertz CT molecular complexity index is 584. The molecule has 0 amide bonds. The zero-order valence-electron chi connectivity index (χ0n) is 17.9. The topological polar surface area (TPSA) is 283 Å². The van der Waals surface area contributed by atoms with Crippen molar-refractivity contribution in [3.8, 4) is 0 Å². The molecular weight excluding hydrogens is 448 g/mol. The second-order valence-electron chi connectivity index (χ2n) is 8.79. The standard InChI is InChI=1S/C18H36N4O11/c19-2-6-10(25)12(27)13(28)18(30-6)33-16-5(21)1-4(20)15(14(16)29)32-17-11(26)8(22)9(24)7(3-23)31-17/h4-18,23-29H,1-3,19-22H2/t4-,5+,6-,7-,8+,9-,10-,11-,12+,13-,14?,15+,16-,17-,18-/m1/s1. The number of rotatable bonds is 6. The highest BCUT2D eigenvalue weighted by Gasteiger charge is 2.51. The van der Waals surface area contributed by atoms with Crippen LogP contribution >= 0.6 is 0 Å². The fourth-order valence-electron chi connectivity index (χ4n) is 4.40. The predicted octanol–water partition coefficient (Wildman–Crippen LogP) is -7.29. The number of aliphatic hydroxyl groups excluding tert-OH is 7. The molecular formula is C18H36N4O11. The van der Waals surface area contributed by atoms with Gasteiger partial charge in [-0.25, -0.2) is 0 Å². The molecule has 0 aromatic heterocycles. The van der Waals surface area contributed by atoms with E-state index in [2.05, 4.69) is 0 Å². The molecule has 1 aliphatic carbocycles. The van der Waals surface area contributed by atoms with Gasteiger partial charge in [-0.3, -0.25) is 0 Å². The Hall–Kier alpha value is -0.600. The molecule has 3 rings (SSSR count). The maximum Gasteiger partial charge on any atom is 0.187 e. The van der Waals surface area contributed by atoms with Crippen molar-refractivity contribution < 1.29 is 54.7 Å². The monoisotopic (exact) mass is 484 g/mol. The van der Waals surface area contributed by atoms with Gasteiger partial charge in [0.15, 0.2) is 12.6 Å². The van der Waals surface area contributed by atoms with E-state index in [1.54, 1.807) is 0 Å². The van der Waals surface area contributed by atoms with Gasteiger partial charge < -0.3 is 77.6 Å². The number of ether oxygens (including phenoxy) is 4. The third-order valence-electron chi connectivity index (χ3n) is 6.48. The highest BCUT2D eigenvalue weighted by Crippen LogP contribution is 2.31. The summed E-state index contributed by atoms with van der Waals surface area (Å²) in [6.45, 7) is -0.763. The SMILES string of the molecule is NC[C@H]1O[C@H](O[C@H]2C(O)[C@@H](O[C@H]3O[C@H](CO)[C@@H](O)[C@H](N)[C@H]3O)[C@H](N)C[C@@H]2N)[C@H](O)[C@@H](O)[C@@H]1O. The van der Waals surface area contributed by atoms with Crippen molar-refractivity contribution in [1.29, 1.82) is 0 Å². The van der Waals surface area contributed by atoms with E-state index in [9.17, 15) is 35.7 Å². The average Bonchev–Trinajstić information content (AvgIpc) is 2.79. The number of aliphatic hydroxyl groups is 7. The number of nitrogens with two attached hydrogens (primary N) is 4. The van der Waals surface area contributed by atoms with Crippen LogP contribution in [0.3, 0.4) is 0 Å². The van der Waals surface area contributed by atoms with Crippen molar-refractivity contribution in [2.75, 3.05) is 13.2 Å². The highest BCUT2D eigenvalue weighted by molar-refractivity contribution is 5.01. The van der Waals surface area contributed by atoms with Gasteiger partial charge in [0.05, 0.1) is 12.6 Å². The largest absolute Gasteiger partial charge is 0.394 e. The minimum Gasteiger partial charge on any atom is -0.394 e. The van der Waals surface area contributed by atoms with E-state index in [4.69, 9.17) is 41.9 Å². The first-order chi connectivity index (χ1) is 15.5. The Morgan fingerprint density at radius 1 is 0.667 bits per heavy atom. The Labute approximate surface area is 189 Å². The fourth-order valence-corrected chi connectivity index (χ4v) is 4.40. The second-order valence-corrected chi connectivity index (χ2v) is 8.79. The molecule has 1 unspecified atom stereocenters. The van der Waals surface area contributed by atoms with Gasteiger partial charge in [0.2, 0.25) is 0 Å². The zero-order chi connectivity index (χ0) is 24.6. The van der Waals surface area contributed by atoms with Crippen LogP contribution in [0.1, 0.15) is 6.42 Å². The van der Waals surface area contributed by atoms with Crippen molar-refractivity contribution in [3.63, 3.8) is 0 Å². The van der Waals surface area contributed by atoms with E-state index in [-0.39, 0.29) is 13.0 Å². The van der Waals surface area contributed by atoms with Gasteiger partial charge in [-0.05, 0) is 6.42 Å². The summed E-state index contributed by atoms with van der Waals surface area (Å²) in [6, 6.07) is -2.86. The summed E-state index contributed by atoms with van der Waals surface area (Å²) in [5.74, 6) is 0. The molecule has 15 heteroatoms. The van der Waals surface area contributed by atoms with Crippen molar-refractivity contribution in [3.05, 3.63) is 0 Å².